The fourth-order valence-electron chi connectivity index (χ4n) is 2.31. The summed E-state index contributed by atoms with van der Waals surface area (Å²) in [6, 6.07) is 7.94. The van der Waals surface area contributed by atoms with Crippen molar-refractivity contribution >= 4 is 42.9 Å². The molecule has 30 heavy (non-hydrogen) atoms. The first-order chi connectivity index (χ1) is 13.6. The van der Waals surface area contributed by atoms with Crippen molar-refractivity contribution in [3.8, 4) is 0 Å². The zero-order valence-electron chi connectivity index (χ0n) is 14.8. The van der Waals surface area contributed by atoms with Crippen LogP contribution in [0.4, 0.5) is 17.6 Å². The molecule has 0 aromatic heterocycles. The number of hydrogen-bond donors (Lipinski definition) is 4. The molecule has 2 rings (SSSR count). The minimum absolute atomic E-state index is 0.169. The van der Waals surface area contributed by atoms with Gasteiger partial charge in [0.05, 0.1) is 0 Å². The van der Waals surface area contributed by atoms with Crippen molar-refractivity contribution in [1.29, 1.82) is 0 Å². The van der Waals surface area contributed by atoms with Gasteiger partial charge in [-0.3, -0.25) is 9.13 Å². The Bertz CT molecular complexity index is 1010. The van der Waals surface area contributed by atoms with Crippen LogP contribution in [0.2, 0.25) is 0 Å². The topological polar surface area (TPSA) is 115 Å². The van der Waals surface area contributed by atoms with Gasteiger partial charge in [0.2, 0.25) is 0 Å². The number of rotatable bonds is 8. The molecule has 0 saturated carbocycles. The molecule has 0 aliphatic rings. The van der Waals surface area contributed by atoms with Crippen LogP contribution in [0.1, 0.15) is 22.3 Å². The SMILES string of the molecule is O=P(O)(O)C(F)(F)c1ccc(CSCc2ccc(C(F)(F)P(=O)(O)O)c(Br)c2)cc1. The van der Waals surface area contributed by atoms with Crippen molar-refractivity contribution in [3.63, 3.8) is 0 Å². The molecule has 2 aromatic rings. The predicted molar refractivity (Wildman–Crippen MR) is 107 cm³/mol. The first kappa shape index (κ1) is 25.5. The summed E-state index contributed by atoms with van der Waals surface area (Å²) in [5.41, 5.74) is -9.12. The highest BCUT2D eigenvalue weighted by Gasteiger charge is 2.51. The Morgan fingerprint density at radius 2 is 1.27 bits per heavy atom. The third kappa shape index (κ3) is 5.55. The number of thioether (sulfide) groups is 1. The Kier molecular flexibility index (Phi) is 7.69. The van der Waals surface area contributed by atoms with Gasteiger partial charge in [-0.05, 0) is 17.2 Å². The monoisotopic (exact) mass is 552 g/mol. The lowest BCUT2D eigenvalue weighted by atomic mass is 10.1. The summed E-state index contributed by atoms with van der Waals surface area (Å²) in [5.74, 6) is 0.653. The second-order valence-electron chi connectivity index (χ2n) is 6.17. The van der Waals surface area contributed by atoms with E-state index in [9.17, 15) is 26.7 Å². The summed E-state index contributed by atoms with van der Waals surface area (Å²) < 4.78 is 76.6. The molecular weight excluding hydrogens is 538 g/mol. The van der Waals surface area contributed by atoms with E-state index >= 15 is 0 Å². The molecule has 0 atom stereocenters. The van der Waals surface area contributed by atoms with Crippen molar-refractivity contribution in [2.45, 2.75) is 22.8 Å². The first-order valence-electron chi connectivity index (χ1n) is 7.90. The lowest BCUT2D eigenvalue weighted by Crippen LogP contribution is -2.14. The van der Waals surface area contributed by atoms with Gasteiger partial charge in [0.1, 0.15) is 0 Å². The van der Waals surface area contributed by atoms with E-state index in [1.807, 2.05) is 0 Å². The maximum absolute atomic E-state index is 13.8. The van der Waals surface area contributed by atoms with Gasteiger partial charge in [0.15, 0.2) is 0 Å². The van der Waals surface area contributed by atoms with Crippen molar-refractivity contribution in [2.75, 3.05) is 0 Å². The Morgan fingerprint density at radius 3 is 1.73 bits per heavy atom. The van der Waals surface area contributed by atoms with E-state index in [2.05, 4.69) is 15.9 Å². The molecule has 2 aromatic carbocycles. The smallest absolute Gasteiger partial charge is 0.320 e. The average molecular weight is 553 g/mol. The minimum Gasteiger partial charge on any atom is -0.320 e. The highest BCUT2D eigenvalue weighted by molar-refractivity contribution is 9.10. The molecule has 14 heteroatoms. The highest BCUT2D eigenvalue weighted by atomic mass is 79.9. The number of benzene rings is 2. The van der Waals surface area contributed by atoms with Gasteiger partial charge in [0, 0.05) is 27.1 Å². The Balaban J connectivity index is 2.03. The van der Waals surface area contributed by atoms with Crippen LogP contribution in [-0.2, 0) is 32.0 Å². The Morgan fingerprint density at radius 1 is 0.800 bits per heavy atom. The molecule has 0 fully saturated rings. The molecule has 0 unspecified atom stereocenters. The predicted octanol–water partition coefficient (Wildman–Crippen LogP) is 5.34. The third-order valence-corrected chi connectivity index (χ3v) is 7.62. The van der Waals surface area contributed by atoms with Gasteiger partial charge in [-0.25, -0.2) is 0 Å². The summed E-state index contributed by atoms with van der Waals surface area (Å²) in [4.78, 5) is 35.1. The van der Waals surface area contributed by atoms with E-state index < -0.39 is 37.6 Å². The summed E-state index contributed by atoms with van der Waals surface area (Å²) in [7, 11) is -11.3. The fraction of sp³-hybridized carbons (Fsp3) is 0.250. The van der Waals surface area contributed by atoms with Crippen LogP contribution in [0.5, 0.6) is 0 Å². The molecule has 0 aliphatic heterocycles. The lowest BCUT2D eigenvalue weighted by molar-refractivity contribution is 0.0557. The van der Waals surface area contributed by atoms with Crippen LogP contribution >= 0.6 is 42.9 Å². The lowest BCUT2D eigenvalue weighted by Gasteiger charge is -2.19. The van der Waals surface area contributed by atoms with Crippen LogP contribution in [0.3, 0.4) is 0 Å². The molecular formula is C16H15BrF4O6P2S. The molecule has 0 amide bonds. The number of halogens is 5. The normalized spacial score (nSPS) is 13.5. The molecule has 0 radical (unpaired) electrons. The van der Waals surface area contributed by atoms with E-state index in [0.717, 1.165) is 18.2 Å². The largest absolute Gasteiger partial charge is 0.399 e. The summed E-state index contributed by atoms with van der Waals surface area (Å²) in [5, 5.41) is 0. The Labute approximate surface area is 181 Å². The van der Waals surface area contributed by atoms with Crippen molar-refractivity contribution in [1.82, 2.24) is 0 Å². The summed E-state index contributed by atoms with van der Waals surface area (Å²) >= 11 is 4.19. The molecule has 6 nitrogen and oxygen atoms in total. The van der Waals surface area contributed by atoms with Crippen molar-refractivity contribution in [3.05, 3.63) is 69.2 Å². The second-order valence-corrected chi connectivity index (χ2v) is 11.3. The van der Waals surface area contributed by atoms with Gasteiger partial charge < -0.3 is 19.6 Å². The van der Waals surface area contributed by atoms with Gasteiger partial charge in [-0.1, -0.05) is 52.3 Å². The molecule has 166 valence electrons. The molecule has 0 heterocycles. The number of alkyl halides is 4. The van der Waals surface area contributed by atoms with Gasteiger partial charge in [0.25, 0.3) is 0 Å². The van der Waals surface area contributed by atoms with Crippen LogP contribution in [0.25, 0.3) is 0 Å². The maximum atomic E-state index is 13.8. The Hall–Kier alpha value is -0.710. The average Bonchev–Trinajstić information content (AvgIpc) is 2.60. The van der Waals surface area contributed by atoms with Crippen molar-refractivity contribution < 1.29 is 46.3 Å². The zero-order chi connectivity index (χ0) is 23.0. The van der Waals surface area contributed by atoms with E-state index in [-0.39, 0.29) is 4.47 Å². The highest BCUT2D eigenvalue weighted by Crippen LogP contribution is 2.60. The summed E-state index contributed by atoms with van der Waals surface area (Å²) in [6.45, 7) is 0. The van der Waals surface area contributed by atoms with E-state index in [0.29, 0.717) is 22.6 Å². The van der Waals surface area contributed by atoms with Crippen LogP contribution < -0.4 is 0 Å². The van der Waals surface area contributed by atoms with E-state index in [1.165, 1.54) is 36.0 Å². The van der Waals surface area contributed by atoms with E-state index in [1.54, 1.807) is 0 Å². The minimum atomic E-state index is -5.69. The second kappa shape index (κ2) is 9.03. The first-order valence-corrected chi connectivity index (χ1v) is 13.1. The molecule has 0 aliphatic carbocycles. The maximum Gasteiger partial charge on any atom is 0.399 e. The zero-order valence-corrected chi connectivity index (χ0v) is 18.9. The quantitative estimate of drug-likeness (QED) is 0.258. The third-order valence-electron chi connectivity index (χ3n) is 3.93. The van der Waals surface area contributed by atoms with Gasteiger partial charge in [-0.15, -0.1) is 0 Å². The number of hydrogen-bond acceptors (Lipinski definition) is 3. The van der Waals surface area contributed by atoms with Crippen LogP contribution in [-0.4, -0.2) is 19.6 Å². The van der Waals surface area contributed by atoms with E-state index in [4.69, 9.17) is 19.6 Å². The molecule has 0 spiro atoms. The van der Waals surface area contributed by atoms with Gasteiger partial charge in [-0.2, -0.15) is 29.3 Å². The van der Waals surface area contributed by atoms with Gasteiger partial charge >= 0.3 is 26.5 Å². The van der Waals surface area contributed by atoms with Crippen LogP contribution in [0.15, 0.2) is 46.9 Å². The molecule has 0 saturated heterocycles. The molecule has 0 bridgehead atoms. The van der Waals surface area contributed by atoms with Crippen LogP contribution in [0, 0.1) is 0 Å². The fourth-order valence-corrected chi connectivity index (χ4v) is 5.07. The standard InChI is InChI=1S/C16H15BrF4O6P2S/c17-14-7-11(3-6-13(14)16(20,21)29(25,26)27)9-30-8-10-1-4-12(5-2-10)15(18,19)28(22,23)24/h1-7H,8-9H2,(H2,22,23,24)(H2,25,26,27). The summed E-state index contributed by atoms with van der Waals surface area (Å²) in [6.07, 6.45) is 0. The van der Waals surface area contributed by atoms with Crippen molar-refractivity contribution in [2.24, 2.45) is 0 Å². The molecule has 4 N–H and O–H groups in total.